The van der Waals surface area contributed by atoms with Crippen LogP contribution in [-0.4, -0.2) is 24.0 Å². The smallest absolute Gasteiger partial charge is 0.415 e. The molecule has 0 fully saturated rings. The average Bonchev–Trinajstić information content (AvgIpc) is 3.04. The second-order valence-corrected chi connectivity index (χ2v) is 6.68. The molecule has 0 bridgehead atoms. The zero-order valence-electron chi connectivity index (χ0n) is 15.1. The number of carbonyl (C=O) groups is 2. The maximum absolute atomic E-state index is 12.8. The molecule has 1 heterocycles. The SMILES string of the molecule is CCC(N)C(=O)[C@@H]1Cc2cc(C)ccc2N1C(=O)OCc1ccccc1. The average molecular weight is 352 g/mol. The summed E-state index contributed by atoms with van der Waals surface area (Å²) in [5.74, 6) is -0.127. The van der Waals surface area contributed by atoms with Gasteiger partial charge in [0, 0.05) is 6.42 Å². The Balaban J connectivity index is 1.84. The van der Waals surface area contributed by atoms with Crippen LogP contribution in [0.2, 0.25) is 0 Å². The third-order valence-electron chi connectivity index (χ3n) is 4.76. The van der Waals surface area contributed by atoms with Crippen molar-refractivity contribution in [1.82, 2.24) is 0 Å². The van der Waals surface area contributed by atoms with Crippen LogP contribution in [0.25, 0.3) is 0 Å². The summed E-state index contributed by atoms with van der Waals surface area (Å²) in [4.78, 5) is 27.0. The van der Waals surface area contributed by atoms with Crippen molar-refractivity contribution in [2.75, 3.05) is 4.90 Å². The molecule has 0 saturated carbocycles. The van der Waals surface area contributed by atoms with Crippen LogP contribution < -0.4 is 10.6 Å². The Morgan fingerprint density at radius 2 is 1.96 bits per heavy atom. The van der Waals surface area contributed by atoms with Gasteiger partial charge in [0.05, 0.1) is 11.7 Å². The van der Waals surface area contributed by atoms with Gasteiger partial charge in [-0.25, -0.2) is 4.79 Å². The highest BCUT2D eigenvalue weighted by atomic mass is 16.6. The number of hydrogen-bond acceptors (Lipinski definition) is 4. The molecule has 1 unspecified atom stereocenters. The van der Waals surface area contributed by atoms with Crippen molar-refractivity contribution in [3.63, 3.8) is 0 Å². The van der Waals surface area contributed by atoms with Gasteiger partial charge < -0.3 is 10.5 Å². The van der Waals surface area contributed by atoms with Gasteiger partial charge in [-0.2, -0.15) is 0 Å². The fourth-order valence-electron chi connectivity index (χ4n) is 3.27. The first kappa shape index (κ1) is 18.1. The Morgan fingerprint density at radius 1 is 1.23 bits per heavy atom. The van der Waals surface area contributed by atoms with Gasteiger partial charge in [-0.15, -0.1) is 0 Å². The molecule has 2 aromatic rings. The highest BCUT2D eigenvalue weighted by molar-refractivity contribution is 6.03. The Morgan fingerprint density at radius 3 is 2.65 bits per heavy atom. The zero-order chi connectivity index (χ0) is 18.7. The summed E-state index contributed by atoms with van der Waals surface area (Å²) >= 11 is 0. The zero-order valence-corrected chi connectivity index (χ0v) is 15.1. The van der Waals surface area contributed by atoms with Gasteiger partial charge in [-0.3, -0.25) is 9.69 Å². The van der Waals surface area contributed by atoms with Gasteiger partial charge in [-0.1, -0.05) is 55.0 Å². The van der Waals surface area contributed by atoms with Gasteiger partial charge in [0.25, 0.3) is 0 Å². The van der Waals surface area contributed by atoms with E-state index in [9.17, 15) is 9.59 Å². The number of nitrogens with zero attached hydrogens (tertiary/aromatic N) is 1. The van der Waals surface area contributed by atoms with E-state index in [1.165, 1.54) is 4.90 Å². The second kappa shape index (κ2) is 7.70. The summed E-state index contributed by atoms with van der Waals surface area (Å²) in [5, 5.41) is 0. The third-order valence-corrected chi connectivity index (χ3v) is 4.76. The number of carbonyl (C=O) groups excluding carboxylic acids is 2. The number of nitrogens with two attached hydrogens (primary N) is 1. The lowest BCUT2D eigenvalue weighted by Crippen LogP contribution is -2.49. The first-order valence-corrected chi connectivity index (χ1v) is 8.90. The lowest BCUT2D eigenvalue weighted by Gasteiger charge is -2.25. The second-order valence-electron chi connectivity index (χ2n) is 6.68. The molecule has 2 N–H and O–H groups in total. The van der Waals surface area contributed by atoms with Crippen LogP contribution in [0, 0.1) is 6.92 Å². The number of anilines is 1. The van der Waals surface area contributed by atoms with E-state index in [1.54, 1.807) is 0 Å². The van der Waals surface area contributed by atoms with Crippen LogP contribution in [0.4, 0.5) is 10.5 Å². The first-order valence-electron chi connectivity index (χ1n) is 8.90. The van der Waals surface area contributed by atoms with E-state index in [4.69, 9.17) is 10.5 Å². The lowest BCUT2D eigenvalue weighted by molar-refractivity contribution is -0.121. The highest BCUT2D eigenvalue weighted by Crippen LogP contribution is 2.34. The van der Waals surface area contributed by atoms with Gasteiger partial charge in [0.1, 0.15) is 12.6 Å². The van der Waals surface area contributed by atoms with E-state index in [0.29, 0.717) is 12.8 Å². The molecule has 0 spiro atoms. The Hall–Kier alpha value is -2.66. The first-order chi connectivity index (χ1) is 12.5. The number of benzene rings is 2. The van der Waals surface area contributed by atoms with Crippen molar-refractivity contribution >= 4 is 17.6 Å². The standard InChI is InChI=1S/C21H24N2O3/c1-3-17(22)20(24)19-12-16-11-14(2)9-10-18(16)23(19)21(25)26-13-15-7-5-4-6-8-15/h4-11,17,19H,3,12-13,22H2,1-2H3/t17?,19-/m0/s1. The number of fused-ring (bicyclic) bond motifs is 1. The van der Waals surface area contributed by atoms with Crippen molar-refractivity contribution in [3.8, 4) is 0 Å². The molecule has 0 aliphatic carbocycles. The largest absolute Gasteiger partial charge is 0.444 e. The van der Waals surface area contributed by atoms with E-state index in [2.05, 4.69) is 0 Å². The fourth-order valence-corrected chi connectivity index (χ4v) is 3.27. The summed E-state index contributed by atoms with van der Waals surface area (Å²) in [6, 6.07) is 14.1. The molecular weight excluding hydrogens is 328 g/mol. The number of hydrogen-bond donors (Lipinski definition) is 1. The predicted octanol–water partition coefficient (Wildman–Crippen LogP) is 3.37. The quantitative estimate of drug-likeness (QED) is 0.895. The number of Topliss-reactive ketones (excluding diaryl/α,β-unsaturated/α-hetero) is 1. The molecule has 0 saturated heterocycles. The van der Waals surface area contributed by atoms with Gasteiger partial charge >= 0.3 is 6.09 Å². The maximum atomic E-state index is 12.8. The number of ketones is 1. The van der Waals surface area contributed by atoms with E-state index in [1.807, 2.05) is 62.4 Å². The summed E-state index contributed by atoms with van der Waals surface area (Å²) in [6.07, 6.45) is 0.500. The molecule has 3 rings (SSSR count). The van der Waals surface area contributed by atoms with E-state index < -0.39 is 18.2 Å². The van der Waals surface area contributed by atoms with E-state index in [-0.39, 0.29) is 12.4 Å². The van der Waals surface area contributed by atoms with Crippen LogP contribution in [0.1, 0.15) is 30.0 Å². The van der Waals surface area contributed by atoms with Crippen LogP contribution in [0.3, 0.4) is 0 Å². The molecule has 1 amide bonds. The van der Waals surface area contributed by atoms with Crippen LogP contribution in [-0.2, 0) is 22.6 Å². The van der Waals surface area contributed by atoms with Gasteiger partial charge in [-0.05, 0) is 30.5 Å². The van der Waals surface area contributed by atoms with Gasteiger partial charge in [0.15, 0.2) is 5.78 Å². The van der Waals surface area contributed by atoms with Crippen LogP contribution in [0.15, 0.2) is 48.5 Å². The topological polar surface area (TPSA) is 72.6 Å². The molecule has 2 aromatic carbocycles. The van der Waals surface area contributed by atoms with Crippen molar-refractivity contribution in [1.29, 1.82) is 0 Å². The number of amides is 1. The number of ether oxygens (including phenoxy) is 1. The van der Waals surface area contributed by atoms with Crippen molar-refractivity contribution in [2.45, 2.75) is 45.4 Å². The third kappa shape index (κ3) is 3.63. The van der Waals surface area contributed by atoms with Crippen molar-refractivity contribution in [3.05, 3.63) is 65.2 Å². The van der Waals surface area contributed by atoms with Crippen molar-refractivity contribution in [2.24, 2.45) is 5.73 Å². The highest BCUT2D eigenvalue weighted by Gasteiger charge is 2.40. The summed E-state index contributed by atoms with van der Waals surface area (Å²) < 4.78 is 5.49. The minimum Gasteiger partial charge on any atom is -0.444 e. The van der Waals surface area contributed by atoms with Crippen LogP contribution >= 0.6 is 0 Å². The molecule has 5 heteroatoms. The van der Waals surface area contributed by atoms with E-state index in [0.717, 1.165) is 22.4 Å². The van der Waals surface area contributed by atoms with Crippen molar-refractivity contribution < 1.29 is 14.3 Å². The molecule has 1 aliphatic heterocycles. The van der Waals surface area contributed by atoms with E-state index >= 15 is 0 Å². The molecule has 2 atom stereocenters. The minimum absolute atomic E-state index is 0.127. The molecule has 5 nitrogen and oxygen atoms in total. The summed E-state index contributed by atoms with van der Waals surface area (Å²) in [6.45, 7) is 4.02. The van der Waals surface area contributed by atoms with Crippen LogP contribution in [0.5, 0.6) is 0 Å². The summed E-state index contributed by atoms with van der Waals surface area (Å²) in [5.41, 5.74) is 9.66. The summed E-state index contributed by atoms with van der Waals surface area (Å²) in [7, 11) is 0. The molecular formula is C21H24N2O3. The Bertz CT molecular complexity index is 804. The van der Waals surface area contributed by atoms with Gasteiger partial charge in [0.2, 0.25) is 0 Å². The molecule has 136 valence electrons. The number of rotatable bonds is 5. The minimum atomic E-state index is -0.606. The Labute approximate surface area is 153 Å². The fraction of sp³-hybridized carbons (Fsp3) is 0.333. The molecule has 0 radical (unpaired) electrons. The normalized spacial score (nSPS) is 16.9. The predicted molar refractivity (Wildman–Crippen MR) is 101 cm³/mol. The maximum Gasteiger partial charge on any atom is 0.415 e. The number of aryl methyl sites for hydroxylation is 1. The molecule has 0 aromatic heterocycles. The molecule has 1 aliphatic rings. The lowest BCUT2D eigenvalue weighted by atomic mass is 10.00. The Kier molecular flexibility index (Phi) is 5.38. The monoisotopic (exact) mass is 352 g/mol. The molecule has 26 heavy (non-hydrogen) atoms.